The first-order valence-electron chi connectivity index (χ1n) is 12.1. The highest BCUT2D eigenvalue weighted by Gasteiger charge is 2.50. The van der Waals surface area contributed by atoms with E-state index in [-0.39, 0.29) is 6.04 Å². The zero-order valence-electron chi connectivity index (χ0n) is 20.1. The molecular weight excluding hydrogens is 432 g/mol. The van der Waals surface area contributed by atoms with Crippen molar-refractivity contribution in [3.63, 3.8) is 0 Å². The van der Waals surface area contributed by atoms with E-state index in [9.17, 15) is 0 Å². The number of fused-ring (bicyclic) bond motifs is 1. The summed E-state index contributed by atoms with van der Waals surface area (Å²) in [5.41, 5.74) is 1.29. The molecule has 0 saturated carbocycles. The number of piperidine rings is 1. The molecule has 10 heteroatoms. The number of ether oxygens (including phenoxy) is 2. The summed E-state index contributed by atoms with van der Waals surface area (Å²) in [6, 6.07) is 4.28. The monoisotopic (exact) mass is 464 g/mol. The van der Waals surface area contributed by atoms with E-state index < -0.39 is 0 Å². The van der Waals surface area contributed by atoms with Crippen LogP contribution in [0.3, 0.4) is 0 Å². The number of hydrogen-bond donors (Lipinski definition) is 1. The zero-order valence-corrected chi connectivity index (χ0v) is 20.1. The fourth-order valence-corrected chi connectivity index (χ4v) is 5.17. The van der Waals surface area contributed by atoms with Gasteiger partial charge in [0.15, 0.2) is 11.6 Å². The maximum Gasteiger partial charge on any atom is 0.227 e. The van der Waals surface area contributed by atoms with Gasteiger partial charge in [0.2, 0.25) is 5.95 Å². The van der Waals surface area contributed by atoms with Gasteiger partial charge in [-0.1, -0.05) is 0 Å². The maximum atomic E-state index is 5.52. The molecule has 0 aliphatic carbocycles. The van der Waals surface area contributed by atoms with E-state index in [4.69, 9.17) is 19.6 Å². The van der Waals surface area contributed by atoms with Gasteiger partial charge in [0, 0.05) is 63.9 Å². The maximum absolute atomic E-state index is 5.52. The summed E-state index contributed by atoms with van der Waals surface area (Å²) in [4.78, 5) is 18.7. The lowest BCUT2D eigenvalue weighted by molar-refractivity contribution is -0.127. The molecule has 34 heavy (non-hydrogen) atoms. The molecule has 180 valence electrons. The van der Waals surface area contributed by atoms with Crippen molar-refractivity contribution in [1.29, 1.82) is 0 Å². The lowest BCUT2D eigenvalue weighted by Gasteiger charge is -2.55. The Morgan fingerprint density at radius 3 is 2.62 bits per heavy atom. The molecule has 0 radical (unpaired) electrons. The predicted octanol–water partition coefficient (Wildman–Crippen LogP) is 2.48. The topological polar surface area (TPSA) is 93.5 Å². The van der Waals surface area contributed by atoms with E-state index in [1.54, 1.807) is 7.11 Å². The molecule has 3 aliphatic heterocycles. The number of anilines is 3. The standard InChI is InChI=1S/C24H32N8O2/c1-16(2)27-20-10-19-18(11-26-20)22(31-12-24(13-31)14-34-15-24)29-32(19)21-4-7-25-23(28-21)30-8-5-17(33-3)6-9-30/h4,7,10-11,16-17H,5-6,8-9,12-15H2,1-3H3,(H,26,27). The Kier molecular flexibility index (Phi) is 5.29. The lowest BCUT2D eigenvalue weighted by Crippen LogP contribution is -2.66. The summed E-state index contributed by atoms with van der Waals surface area (Å²) >= 11 is 0. The summed E-state index contributed by atoms with van der Waals surface area (Å²) in [6.45, 7) is 9.62. The van der Waals surface area contributed by atoms with Crippen LogP contribution in [-0.4, -0.2) is 83.4 Å². The van der Waals surface area contributed by atoms with Crippen LogP contribution in [-0.2, 0) is 9.47 Å². The normalized spacial score (nSPS) is 20.1. The van der Waals surface area contributed by atoms with Crippen molar-refractivity contribution in [3.8, 4) is 5.82 Å². The van der Waals surface area contributed by atoms with Gasteiger partial charge >= 0.3 is 0 Å². The van der Waals surface area contributed by atoms with Gasteiger partial charge in [-0.25, -0.2) is 14.6 Å². The highest BCUT2D eigenvalue weighted by atomic mass is 16.5. The van der Waals surface area contributed by atoms with Gasteiger partial charge in [0.05, 0.1) is 35.6 Å². The first-order valence-corrected chi connectivity index (χ1v) is 12.1. The second kappa shape index (κ2) is 8.35. The van der Waals surface area contributed by atoms with Crippen LogP contribution >= 0.6 is 0 Å². The smallest absolute Gasteiger partial charge is 0.227 e. The molecular formula is C24H32N8O2. The third kappa shape index (κ3) is 3.74. The van der Waals surface area contributed by atoms with Crippen molar-refractivity contribution in [2.45, 2.75) is 38.8 Å². The molecule has 0 amide bonds. The summed E-state index contributed by atoms with van der Waals surface area (Å²) in [7, 11) is 1.78. The molecule has 0 atom stereocenters. The minimum atomic E-state index is 0.287. The average molecular weight is 465 g/mol. The Labute approximate surface area is 199 Å². The van der Waals surface area contributed by atoms with E-state index in [1.165, 1.54) is 0 Å². The molecule has 3 aliphatic rings. The van der Waals surface area contributed by atoms with Gasteiger partial charge in [-0.3, -0.25) is 0 Å². The van der Waals surface area contributed by atoms with Crippen LogP contribution in [0.15, 0.2) is 24.5 Å². The van der Waals surface area contributed by atoms with Gasteiger partial charge in [-0.2, -0.15) is 4.98 Å². The summed E-state index contributed by atoms with van der Waals surface area (Å²) in [5, 5.41) is 9.49. The Balaban J connectivity index is 1.36. The molecule has 0 bridgehead atoms. The van der Waals surface area contributed by atoms with Gasteiger partial charge in [-0.05, 0) is 26.7 Å². The van der Waals surface area contributed by atoms with E-state index in [1.807, 2.05) is 23.1 Å². The molecule has 1 spiro atoms. The Morgan fingerprint density at radius 1 is 1.15 bits per heavy atom. The van der Waals surface area contributed by atoms with Crippen LogP contribution in [0.25, 0.3) is 16.7 Å². The van der Waals surface area contributed by atoms with Crippen LogP contribution in [0.2, 0.25) is 0 Å². The molecule has 3 aromatic heterocycles. The first-order chi connectivity index (χ1) is 16.5. The molecule has 0 aromatic carbocycles. The predicted molar refractivity (Wildman–Crippen MR) is 131 cm³/mol. The van der Waals surface area contributed by atoms with Crippen molar-refractivity contribution in [1.82, 2.24) is 24.7 Å². The first kappa shape index (κ1) is 21.5. The molecule has 6 heterocycles. The fourth-order valence-electron chi connectivity index (χ4n) is 5.17. The molecule has 3 fully saturated rings. The molecule has 1 N–H and O–H groups in total. The van der Waals surface area contributed by atoms with Crippen molar-refractivity contribution in [2.75, 3.05) is 61.6 Å². The number of nitrogens with zero attached hydrogens (tertiary/aromatic N) is 7. The van der Waals surface area contributed by atoms with Gasteiger partial charge in [-0.15, -0.1) is 5.10 Å². The van der Waals surface area contributed by atoms with Crippen molar-refractivity contribution >= 4 is 28.5 Å². The summed E-state index contributed by atoms with van der Waals surface area (Å²) in [6.07, 6.45) is 6.03. The Hall–Kier alpha value is -2.98. The van der Waals surface area contributed by atoms with Crippen molar-refractivity contribution in [2.24, 2.45) is 5.41 Å². The lowest BCUT2D eigenvalue weighted by atomic mass is 9.78. The molecule has 3 saturated heterocycles. The number of methoxy groups -OCH3 is 1. The Bertz CT molecular complexity index is 1170. The van der Waals surface area contributed by atoms with E-state index in [2.05, 4.69) is 45.0 Å². The second-order valence-electron chi connectivity index (χ2n) is 10.1. The SMILES string of the molecule is COC1CCN(c2nccc(-n3nc(N4CC5(COC5)C4)c4cnc(NC(C)C)cc43)n2)CC1. The molecule has 6 rings (SSSR count). The van der Waals surface area contributed by atoms with Gasteiger partial charge in [0.1, 0.15) is 5.82 Å². The third-order valence-electron chi connectivity index (χ3n) is 7.05. The summed E-state index contributed by atoms with van der Waals surface area (Å²) < 4.78 is 12.9. The largest absolute Gasteiger partial charge is 0.381 e. The quantitative estimate of drug-likeness (QED) is 0.590. The van der Waals surface area contributed by atoms with Crippen LogP contribution in [0.4, 0.5) is 17.6 Å². The molecule has 3 aromatic rings. The molecule has 10 nitrogen and oxygen atoms in total. The highest BCUT2D eigenvalue weighted by molar-refractivity contribution is 5.93. The third-order valence-corrected chi connectivity index (χ3v) is 7.05. The number of pyridine rings is 1. The van der Waals surface area contributed by atoms with E-state index >= 15 is 0 Å². The Morgan fingerprint density at radius 2 is 1.94 bits per heavy atom. The van der Waals surface area contributed by atoms with Crippen LogP contribution in [0.1, 0.15) is 26.7 Å². The average Bonchev–Trinajstić information content (AvgIpc) is 3.15. The van der Waals surface area contributed by atoms with Crippen LogP contribution in [0.5, 0.6) is 0 Å². The fraction of sp³-hybridized carbons (Fsp3) is 0.583. The zero-order chi connectivity index (χ0) is 23.3. The van der Waals surface area contributed by atoms with Gasteiger partial charge < -0.3 is 24.6 Å². The molecule has 0 unspecified atom stereocenters. The van der Waals surface area contributed by atoms with Crippen molar-refractivity contribution < 1.29 is 9.47 Å². The van der Waals surface area contributed by atoms with E-state index in [0.29, 0.717) is 11.5 Å². The van der Waals surface area contributed by atoms with Gasteiger partial charge in [0.25, 0.3) is 0 Å². The number of nitrogens with one attached hydrogen (secondary N) is 1. The van der Waals surface area contributed by atoms with Crippen molar-refractivity contribution in [3.05, 3.63) is 24.5 Å². The number of rotatable bonds is 6. The van der Waals surface area contributed by atoms with E-state index in [0.717, 1.165) is 86.5 Å². The van der Waals surface area contributed by atoms with Crippen LogP contribution in [0, 0.1) is 5.41 Å². The minimum absolute atomic E-state index is 0.287. The summed E-state index contributed by atoms with van der Waals surface area (Å²) in [5.74, 6) is 3.29. The minimum Gasteiger partial charge on any atom is -0.381 e. The highest BCUT2D eigenvalue weighted by Crippen LogP contribution is 2.42. The second-order valence-corrected chi connectivity index (χ2v) is 10.1. The van der Waals surface area contributed by atoms with Crippen LogP contribution < -0.4 is 15.1 Å². The number of aromatic nitrogens is 5. The number of hydrogen-bond acceptors (Lipinski definition) is 9.